The standard InChI is InChI=1S/C25H22F5N3O/c26-19-9-10-22(31-15-19)24(14-16-5-2-1-3-6-16,33-23(34)32-21-7-4-8-21)17-11-18(25(28,29)30)13-20(27)12-17/h1-3,5-6,9-13,15,21H,4,7-8,14H2,(H2,32,33,34). The molecule has 0 aliphatic heterocycles. The summed E-state index contributed by atoms with van der Waals surface area (Å²) >= 11 is 0. The van der Waals surface area contributed by atoms with Crippen LogP contribution >= 0.6 is 0 Å². The first-order chi connectivity index (χ1) is 16.2. The number of urea groups is 1. The Hall–Kier alpha value is -3.49. The summed E-state index contributed by atoms with van der Waals surface area (Å²) in [4.78, 5) is 17.1. The predicted octanol–water partition coefficient (Wildman–Crippen LogP) is 5.72. The van der Waals surface area contributed by atoms with Crippen molar-refractivity contribution in [3.8, 4) is 0 Å². The van der Waals surface area contributed by atoms with Crippen LogP contribution in [0.1, 0.15) is 41.6 Å². The lowest BCUT2D eigenvalue weighted by molar-refractivity contribution is -0.137. The highest BCUT2D eigenvalue weighted by atomic mass is 19.4. The third-order valence-corrected chi connectivity index (χ3v) is 5.96. The predicted molar refractivity (Wildman–Crippen MR) is 116 cm³/mol. The van der Waals surface area contributed by atoms with E-state index in [-0.39, 0.29) is 23.7 Å². The number of halogens is 5. The van der Waals surface area contributed by atoms with Gasteiger partial charge in [-0.1, -0.05) is 30.3 Å². The normalized spacial score (nSPS) is 15.8. The molecule has 1 saturated carbocycles. The molecule has 4 nitrogen and oxygen atoms in total. The smallest absolute Gasteiger partial charge is 0.335 e. The van der Waals surface area contributed by atoms with Gasteiger partial charge in [0, 0.05) is 12.5 Å². The number of benzene rings is 2. The quantitative estimate of drug-likeness (QED) is 0.449. The van der Waals surface area contributed by atoms with Gasteiger partial charge in [-0.25, -0.2) is 13.6 Å². The van der Waals surface area contributed by atoms with E-state index in [4.69, 9.17) is 0 Å². The highest BCUT2D eigenvalue weighted by Crippen LogP contribution is 2.37. The number of hydrogen-bond donors (Lipinski definition) is 2. The largest absolute Gasteiger partial charge is 0.416 e. The summed E-state index contributed by atoms with van der Waals surface area (Å²) in [5, 5.41) is 5.57. The van der Waals surface area contributed by atoms with Crippen LogP contribution in [0.15, 0.2) is 66.9 Å². The number of aromatic nitrogens is 1. The zero-order valence-corrected chi connectivity index (χ0v) is 18.0. The molecule has 1 aliphatic rings. The number of hydrogen-bond acceptors (Lipinski definition) is 2. The molecule has 1 heterocycles. The lowest BCUT2D eigenvalue weighted by Crippen LogP contribution is -2.55. The van der Waals surface area contributed by atoms with Crippen LogP contribution in [0, 0.1) is 11.6 Å². The van der Waals surface area contributed by atoms with Crippen molar-refractivity contribution in [3.05, 3.63) is 101 Å². The number of nitrogens with zero attached hydrogens (tertiary/aromatic N) is 1. The molecule has 4 rings (SSSR count). The van der Waals surface area contributed by atoms with Crippen molar-refractivity contribution in [1.82, 2.24) is 15.6 Å². The average Bonchev–Trinajstić information content (AvgIpc) is 2.76. The molecule has 1 aliphatic carbocycles. The third-order valence-electron chi connectivity index (χ3n) is 5.96. The molecule has 178 valence electrons. The molecule has 0 saturated heterocycles. The minimum atomic E-state index is -4.82. The Bertz CT molecular complexity index is 1150. The molecular formula is C25H22F5N3O. The van der Waals surface area contributed by atoms with E-state index in [1.165, 1.54) is 6.07 Å². The van der Waals surface area contributed by atoms with Crippen LogP contribution in [0.5, 0.6) is 0 Å². The number of carbonyl (C=O) groups is 1. The van der Waals surface area contributed by atoms with Gasteiger partial charge in [0.15, 0.2) is 0 Å². The molecule has 1 atom stereocenters. The van der Waals surface area contributed by atoms with Crippen molar-refractivity contribution in [2.45, 2.75) is 43.4 Å². The van der Waals surface area contributed by atoms with Gasteiger partial charge in [0.05, 0.1) is 17.5 Å². The molecule has 2 amide bonds. The highest BCUT2D eigenvalue weighted by Gasteiger charge is 2.41. The van der Waals surface area contributed by atoms with Crippen LogP contribution in [-0.4, -0.2) is 17.1 Å². The van der Waals surface area contributed by atoms with E-state index in [1.807, 2.05) is 0 Å². The lowest BCUT2D eigenvalue weighted by atomic mass is 9.79. The number of alkyl halides is 3. The van der Waals surface area contributed by atoms with Crippen molar-refractivity contribution in [2.24, 2.45) is 0 Å². The van der Waals surface area contributed by atoms with Crippen LogP contribution in [-0.2, 0) is 18.1 Å². The summed E-state index contributed by atoms with van der Waals surface area (Å²) in [6, 6.07) is 12.5. The molecule has 0 radical (unpaired) electrons. The van der Waals surface area contributed by atoms with Crippen molar-refractivity contribution >= 4 is 6.03 Å². The van der Waals surface area contributed by atoms with E-state index in [9.17, 15) is 26.7 Å². The Labute approximate surface area is 193 Å². The van der Waals surface area contributed by atoms with Crippen molar-refractivity contribution in [2.75, 3.05) is 0 Å². The lowest BCUT2D eigenvalue weighted by Gasteiger charge is -2.37. The summed E-state index contributed by atoms with van der Waals surface area (Å²) in [6.45, 7) is 0. The Morgan fingerprint density at radius 2 is 1.65 bits per heavy atom. The first-order valence-corrected chi connectivity index (χ1v) is 10.8. The fraction of sp³-hybridized carbons (Fsp3) is 0.280. The van der Waals surface area contributed by atoms with Gasteiger partial charge >= 0.3 is 12.2 Å². The van der Waals surface area contributed by atoms with Crippen molar-refractivity contribution in [1.29, 1.82) is 0 Å². The molecule has 1 unspecified atom stereocenters. The van der Waals surface area contributed by atoms with Gasteiger partial charge in [0.2, 0.25) is 0 Å². The fourth-order valence-electron chi connectivity index (χ4n) is 4.02. The number of amides is 2. The molecule has 2 aromatic carbocycles. The Morgan fingerprint density at radius 3 is 2.24 bits per heavy atom. The van der Waals surface area contributed by atoms with Gasteiger partial charge in [-0.3, -0.25) is 4.98 Å². The fourth-order valence-corrected chi connectivity index (χ4v) is 4.02. The van der Waals surface area contributed by atoms with E-state index in [0.29, 0.717) is 11.6 Å². The molecule has 9 heteroatoms. The maximum Gasteiger partial charge on any atom is 0.416 e. The molecule has 1 aromatic heterocycles. The average molecular weight is 475 g/mol. The maximum atomic E-state index is 14.5. The Kier molecular flexibility index (Phi) is 6.54. The molecule has 3 aromatic rings. The molecule has 0 bridgehead atoms. The second kappa shape index (κ2) is 9.40. The second-order valence-corrected chi connectivity index (χ2v) is 8.38. The SMILES string of the molecule is O=C(NC1CCC1)NC(Cc1ccccc1)(c1cc(F)cc(C(F)(F)F)c1)c1ccc(F)cn1. The van der Waals surface area contributed by atoms with Gasteiger partial charge in [-0.15, -0.1) is 0 Å². The molecule has 0 spiro atoms. The van der Waals surface area contributed by atoms with Gasteiger partial charge < -0.3 is 10.6 Å². The number of pyridine rings is 1. The number of nitrogens with one attached hydrogen (secondary N) is 2. The second-order valence-electron chi connectivity index (χ2n) is 8.38. The van der Waals surface area contributed by atoms with Crippen LogP contribution in [0.4, 0.5) is 26.7 Å². The van der Waals surface area contributed by atoms with Gasteiger partial charge in [-0.05, 0) is 60.7 Å². The van der Waals surface area contributed by atoms with E-state index < -0.39 is 34.9 Å². The summed E-state index contributed by atoms with van der Waals surface area (Å²) in [5.74, 6) is -1.78. The van der Waals surface area contributed by atoms with Crippen LogP contribution < -0.4 is 10.6 Å². The monoisotopic (exact) mass is 475 g/mol. The van der Waals surface area contributed by atoms with E-state index in [1.54, 1.807) is 30.3 Å². The van der Waals surface area contributed by atoms with Crippen LogP contribution in [0.25, 0.3) is 0 Å². The summed E-state index contributed by atoms with van der Waals surface area (Å²) in [6.07, 6.45) is -1.44. The molecular weight excluding hydrogens is 453 g/mol. The number of rotatable bonds is 6. The summed E-state index contributed by atoms with van der Waals surface area (Å²) in [7, 11) is 0. The molecule has 34 heavy (non-hydrogen) atoms. The first kappa shape index (κ1) is 23.7. The van der Waals surface area contributed by atoms with Gasteiger partial charge in [-0.2, -0.15) is 13.2 Å². The van der Waals surface area contributed by atoms with Crippen LogP contribution in [0.2, 0.25) is 0 Å². The summed E-state index contributed by atoms with van der Waals surface area (Å²) in [5.41, 5.74) is -2.37. The van der Waals surface area contributed by atoms with E-state index >= 15 is 0 Å². The zero-order valence-electron chi connectivity index (χ0n) is 18.0. The Morgan fingerprint density at radius 1 is 0.941 bits per heavy atom. The minimum absolute atomic E-state index is 0.0503. The molecule has 1 fully saturated rings. The minimum Gasteiger partial charge on any atom is -0.335 e. The van der Waals surface area contributed by atoms with E-state index in [0.717, 1.165) is 43.7 Å². The highest BCUT2D eigenvalue weighted by molar-refractivity contribution is 5.76. The first-order valence-electron chi connectivity index (χ1n) is 10.8. The third kappa shape index (κ3) is 5.18. The van der Waals surface area contributed by atoms with Crippen molar-refractivity contribution in [3.63, 3.8) is 0 Å². The van der Waals surface area contributed by atoms with Crippen molar-refractivity contribution < 1.29 is 26.7 Å². The number of carbonyl (C=O) groups excluding carboxylic acids is 1. The summed E-state index contributed by atoms with van der Waals surface area (Å²) < 4.78 is 68.9. The molecule has 2 N–H and O–H groups in total. The van der Waals surface area contributed by atoms with Gasteiger partial charge in [0.1, 0.15) is 17.2 Å². The zero-order chi connectivity index (χ0) is 24.3. The van der Waals surface area contributed by atoms with Gasteiger partial charge in [0.25, 0.3) is 0 Å². The Balaban J connectivity index is 1.90. The maximum absolute atomic E-state index is 14.5. The topological polar surface area (TPSA) is 54.0 Å². The van der Waals surface area contributed by atoms with Crippen LogP contribution in [0.3, 0.4) is 0 Å². The van der Waals surface area contributed by atoms with E-state index in [2.05, 4.69) is 15.6 Å².